The van der Waals surface area contributed by atoms with Crippen LogP contribution < -0.4 is 15.4 Å². The number of rotatable bonds is 8. The summed E-state index contributed by atoms with van der Waals surface area (Å²) in [6, 6.07) is 13.7. The number of nitrogens with zero attached hydrogens (tertiary/aromatic N) is 1. The molecule has 0 radical (unpaired) electrons. The van der Waals surface area contributed by atoms with Crippen LogP contribution in [0.5, 0.6) is 5.75 Å². The molecule has 3 N–H and O–H groups in total. The van der Waals surface area contributed by atoms with Crippen molar-refractivity contribution < 1.29 is 24.2 Å². The Hall–Kier alpha value is -3.55. The van der Waals surface area contributed by atoms with Gasteiger partial charge in [0.05, 0.1) is 0 Å². The number of benzene rings is 2. The van der Waals surface area contributed by atoms with Crippen LogP contribution >= 0.6 is 0 Å². The van der Waals surface area contributed by atoms with Crippen LogP contribution in [-0.4, -0.2) is 47.6 Å². The van der Waals surface area contributed by atoms with Crippen LogP contribution in [0.4, 0.5) is 10.5 Å². The van der Waals surface area contributed by atoms with Gasteiger partial charge in [-0.05, 0) is 48.7 Å². The van der Waals surface area contributed by atoms with Crippen molar-refractivity contribution in [2.45, 2.75) is 25.4 Å². The zero-order chi connectivity index (χ0) is 20.8. The first-order valence-electron chi connectivity index (χ1n) is 9.27. The molecule has 2 aromatic rings. The van der Waals surface area contributed by atoms with Gasteiger partial charge in [-0.3, -0.25) is 4.79 Å². The number of anilines is 1. The Morgan fingerprint density at radius 3 is 2.52 bits per heavy atom. The van der Waals surface area contributed by atoms with E-state index in [-0.39, 0.29) is 18.0 Å². The van der Waals surface area contributed by atoms with Gasteiger partial charge in [0, 0.05) is 30.9 Å². The topological polar surface area (TPSA) is 108 Å². The van der Waals surface area contributed by atoms with Crippen LogP contribution in [-0.2, 0) is 11.3 Å². The number of carboxylic acid groups (broad SMARTS) is 1. The fraction of sp³-hybridized carbons (Fsp3) is 0.286. The lowest BCUT2D eigenvalue weighted by Crippen LogP contribution is -2.30. The minimum atomic E-state index is -1.04. The Morgan fingerprint density at radius 2 is 1.86 bits per heavy atom. The molecule has 1 fully saturated rings. The molecule has 0 aromatic heterocycles. The van der Waals surface area contributed by atoms with E-state index in [4.69, 9.17) is 9.84 Å². The number of nitrogens with one attached hydrogen (secondary N) is 2. The number of aliphatic carboxylic acids is 1. The van der Waals surface area contributed by atoms with Crippen molar-refractivity contribution in [3.05, 3.63) is 59.7 Å². The number of ether oxygens (including phenoxy) is 1. The minimum Gasteiger partial charge on any atom is -0.482 e. The van der Waals surface area contributed by atoms with Gasteiger partial charge in [-0.25, -0.2) is 9.59 Å². The van der Waals surface area contributed by atoms with Crippen LogP contribution in [0.3, 0.4) is 0 Å². The van der Waals surface area contributed by atoms with Crippen LogP contribution in [0.25, 0.3) is 0 Å². The summed E-state index contributed by atoms with van der Waals surface area (Å²) < 4.78 is 5.10. The highest BCUT2D eigenvalue weighted by molar-refractivity contribution is 5.96. The monoisotopic (exact) mass is 397 g/mol. The molecule has 1 saturated carbocycles. The summed E-state index contributed by atoms with van der Waals surface area (Å²) in [7, 11) is 1.69. The van der Waals surface area contributed by atoms with Crippen molar-refractivity contribution in [2.24, 2.45) is 0 Å². The summed E-state index contributed by atoms with van der Waals surface area (Å²) >= 11 is 0. The summed E-state index contributed by atoms with van der Waals surface area (Å²) in [4.78, 5) is 36.7. The van der Waals surface area contributed by atoms with E-state index in [1.807, 2.05) is 0 Å². The summed E-state index contributed by atoms with van der Waals surface area (Å²) in [6.07, 6.45) is 2.01. The van der Waals surface area contributed by atoms with E-state index in [1.54, 1.807) is 60.5 Å². The van der Waals surface area contributed by atoms with Crippen molar-refractivity contribution >= 4 is 23.6 Å². The van der Waals surface area contributed by atoms with Gasteiger partial charge in [-0.2, -0.15) is 0 Å². The fourth-order valence-electron chi connectivity index (χ4n) is 2.71. The lowest BCUT2D eigenvalue weighted by molar-refractivity contribution is -0.139. The predicted molar refractivity (Wildman–Crippen MR) is 107 cm³/mol. The molecule has 0 spiro atoms. The second-order valence-corrected chi connectivity index (χ2v) is 6.94. The molecule has 3 rings (SSSR count). The number of hydrogen-bond donors (Lipinski definition) is 3. The second-order valence-electron chi connectivity index (χ2n) is 6.94. The Labute approximate surface area is 168 Å². The van der Waals surface area contributed by atoms with Gasteiger partial charge in [0.2, 0.25) is 0 Å². The summed E-state index contributed by atoms with van der Waals surface area (Å²) in [5.41, 5.74) is 1.90. The van der Waals surface area contributed by atoms with Crippen molar-refractivity contribution in [3.63, 3.8) is 0 Å². The summed E-state index contributed by atoms with van der Waals surface area (Å²) in [5, 5.41) is 14.2. The number of carboxylic acids is 1. The first-order valence-corrected chi connectivity index (χ1v) is 9.27. The summed E-state index contributed by atoms with van der Waals surface area (Å²) in [6.45, 7) is -0.0291. The Kier molecular flexibility index (Phi) is 6.33. The van der Waals surface area contributed by atoms with Gasteiger partial charge in [0.15, 0.2) is 6.61 Å². The summed E-state index contributed by atoms with van der Waals surface area (Å²) in [5.74, 6) is -0.767. The van der Waals surface area contributed by atoms with E-state index in [1.165, 1.54) is 0 Å². The van der Waals surface area contributed by atoms with E-state index in [0.29, 0.717) is 23.5 Å². The minimum absolute atomic E-state index is 0.178. The quantitative estimate of drug-likeness (QED) is 0.635. The molecular formula is C21H23N3O5. The Morgan fingerprint density at radius 1 is 1.14 bits per heavy atom. The first-order chi connectivity index (χ1) is 13.9. The third-order valence-corrected chi connectivity index (χ3v) is 4.33. The highest BCUT2D eigenvalue weighted by Gasteiger charge is 2.23. The maximum atomic E-state index is 12.7. The fourth-order valence-corrected chi connectivity index (χ4v) is 2.71. The van der Waals surface area contributed by atoms with Gasteiger partial charge < -0.3 is 25.4 Å². The lowest BCUT2D eigenvalue weighted by atomic mass is 10.1. The maximum Gasteiger partial charge on any atom is 0.341 e. The van der Waals surface area contributed by atoms with Crippen molar-refractivity contribution in [2.75, 3.05) is 19.0 Å². The average molecular weight is 397 g/mol. The molecule has 29 heavy (non-hydrogen) atoms. The van der Waals surface area contributed by atoms with Gasteiger partial charge >= 0.3 is 12.0 Å². The average Bonchev–Trinajstić information content (AvgIpc) is 3.50. The van der Waals surface area contributed by atoms with Gasteiger partial charge in [0.25, 0.3) is 5.91 Å². The van der Waals surface area contributed by atoms with E-state index < -0.39 is 12.6 Å². The zero-order valence-electron chi connectivity index (χ0n) is 16.1. The maximum absolute atomic E-state index is 12.7. The Balaban J connectivity index is 1.57. The molecule has 152 valence electrons. The van der Waals surface area contributed by atoms with E-state index in [2.05, 4.69) is 10.6 Å². The predicted octanol–water partition coefficient (Wildman–Crippen LogP) is 2.71. The van der Waals surface area contributed by atoms with Gasteiger partial charge in [-0.15, -0.1) is 0 Å². The highest BCUT2D eigenvalue weighted by atomic mass is 16.5. The molecule has 0 heterocycles. The number of carbonyl (C=O) groups is 3. The van der Waals surface area contributed by atoms with E-state index >= 15 is 0 Å². The standard InChI is InChI=1S/C21H23N3O5/c1-24(12-14-5-9-18(10-6-14)29-13-19(25)26)20(27)15-3-2-4-17(11-15)23-21(28)22-16-7-8-16/h2-6,9-11,16H,7-8,12-13H2,1H3,(H,25,26)(H2,22,23,28). The largest absolute Gasteiger partial charge is 0.482 e. The second kappa shape index (κ2) is 9.09. The normalized spacial score (nSPS) is 12.7. The van der Waals surface area contributed by atoms with Crippen molar-refractivity contribution in [3.8, 4) is 5.75 Å². The lowest BCUT2D eigenvalue weighted by Gasteiger charge is -2.18. The molecule has 8 heteroatoms. The third-order valence-electron chi connectivity index (χ3n) is 4.33. The highest BCUT2D eigenvalue weighted by Crippen LogP contribution is 2.19. The molecule has 0 atom stereocenters. The van der Waals surface area contributed by atoms with Crippen molar-refractivity contribution in [1.82, 2.24) is 10.2 Å². The molecular weight excluding hydrogens is 374 g/mol. The number of urea groups is 1. The van der Waals surface area contributed by atoms with Crippen LogP contribution in [0, 0.1) is 0 Å². The SMILES string of the molecule is CN(Cc1ccc(OCC(=O)O)cc1)C(=O)c1cccc(NC(=O)NC2CC2)c1. The van der Waals surface area contributed by atoms with E-state index in [9.17, 15) is 14.4 Å². The number of carbonyl (C=O) groups excluding carboxylic acids is 2. The van der Waals surface area contributed by atoms with Crippen LogP contribution in [0.1, 0.15) is 28.8 Å². The third kappa shape index (κ3) is 6.24. The van der Waals surface area contributed by atoms with E-state index in [0.717, 1.165) is 18.4 Å². The molecule has 8 nitrogen and oxygen atoms in total. The molecule has 1 aliphatic rings. The zero-order valence-corrected chi connectivity index (χ0v) is 16.1. The molecule has 3 amide bonds. The molecule has 0 unspecified atom stereocenters. The number of amides is 3. The molecule has 0 aliphatic heterocycles. The van der Waals surface area contributed by atoms with Gasteiger partial charge in [0.1, 0.15) is 5.75 Å². The molecule has 0 saturated heterocycles. The van der Waals surface area contributed by atoms with Crippen molar-refractivity contribution in [1.29, 1.82) is 0 Å². The molecule has 2 aromatic carbocycles. The first kappa shape index (κ1) is 20.2. The number of hydrogen-bond acceptors (Lipinski definition) is 4. The van der Waals surface area contributed by atoms with Gasteiger partial charge in [-0.1, -0.05) is 18.2 Å². The molecule has 0 bridgehead atoms. The van der Waals surface area contributed by atoms with Crippen LogP contribution in [0.15, 0.2) is 48.5 Å². The molecule has 1 aliphatic carbocycles. The smallest absolute Gasteiger partial charge is 0.341 e. The van der Waals surface area contributed by atoms with Crippen LogP contribution in [0.2, 0.25) is 0 Å². The Bertz CT molecular complexity index is 893.